The average Bonchev–Trinajstić information content (AvgIpc) is 2.29. The molecule has 0 bridgehead atoms. The zero-order chi connectivity index (χ0) is 12.8. The fraction of sp³-hybridized carbons (Fsp3) is 0.182. The summed E-state index contributed by atoms with van der Waals surface area (Å²) in [6.45, 7) is 0. The molecule has 0 aliphatic carbocycles. The van der Waals surface area contributed by atoms with E-state index in [1.807, 2.05) is 0 Å². The maximum absolute atomic E-state index is 11.3. The lowest BCUT2D eigenvalue weighted by Crippen LogP contribution is -2.25. The summed E-state index contributed by atoms with van der Waals surface area (Å²) in [5.41, 5.74) is 0.172. The molecule has 6 heteroatoms. The third-order valence-electron chi connectivity index (χ3n) is 1.86. The number of hydrogen-bond donors (Lipinski definition) is 2. The number of carbonyl (C=O) groups excluding carboxylic acids is 2. The summed E-state index contributed by atoms with van der Waals surface area (Å²) >= 11 is 0. The van der Waals surface area contributed by atoms with Crippen LogP contribution in [0, 0.1) is 0 Å². The van der Waals surface area contributed by atoms with Crippen molar-refractivity contribution in [2.75, 3.05) is 0 Å². The Morgan fingerprint density at radius 2 is 1.76 bits per heavy atom. The Morgan fingerprint density at radius 1 is 1.18 bits per heavy atom. The molecule has 2 N–H and O–H groups in total. The van der Waals surface area contributed by atoms with Gasteiger partial charge in [-0.15, -0.1) is 0 Å². The van der Waals surface area contributed by atoms with Crippen LogP contribution < -0.4 is 0 Å². The highest BCUT2D eigenvalue weighted by Gasteiger charge is 2.21. The third kappa shape index (κ3) is 4.04. The molecule has 1 aromatic rings. The Morgan fingerprint density at radius 3 is 2.29 bits per heavy atom. The summed E-state index contributed by atoms with van der Waals surface area (Å²) in [4.78, 5) is 32.7. The molecule has 0 fully saturated rings. The van der Waals surface area contributed by atoms with Crippen molar-refractivity contribution in [3.05, 3.63) is 35.9 Å². The second kappa shape index (κ2) is 5.76. The predicted molar refractivity (Wildman–Crippen MR) is 55.1 cm³/mol. The minimum absolute atomic E-state index is 0.172. The lowest BCUT2D eigenvalue weighted by molar-refractivity contribution is -0.153. The largest absolute Gasteiger partial charge is 0.479 e. The van der Waals surface area contributed by atoms with Crippen molar-refractivity contribution in [2.24, 2.45) is 0 Å². The van der Waals surface area contributed by atoms with E-state index in [9.17, 15) is 14.4 Å². The lowest BCUT2D eigenvalue weighted by atomic mass is 10.2. The molecule has 0 heterocycles. The highest BCUT2D eigenvalue weighted by molar-refractivity contribution is 5.97. The van der Waals surface area contributed by atoms with Crippen LogP contribution in [0.25, 0.3) is 0 Å². The van der Waals surface area contributed by atoms with E-state index in [1.54, 1.807) is 18.2 Å². The van der Waals surface area contributed by atoms with Gasteiger partial charge in [-0.25, -0.2) is 9.59 Å². The molecule has 1 rings (SSSR count). The van der Waals surface area contributed by atoms with Crippen molar-refractivity contribution >= 4 is 17.9 Å². The molecule has 0 aliphatic rings. The summed E-state index contributed by atoms with van der Waals surface area (Å²) in [7, 11) is 0. The van der Waals surface area contributed by atoms with Crippen molar-refractivity contribution in [1.29, 1.82) is 0 Å². The number of esters is 2. The van der Waals surface area contributed by atoms with E-state index in [4.69, 9.17) is 10.2 Å². The van der Waals surface area contributed by atoms with Gasteiger partial charge in [-0.1, -0.05) is 18.2 Å². The van der Waals surface area contributed by atoms with Crippen LogP contribution in [0.5, 0.6) is 0 Å². The summed E-state index contributed by atoms with van der Waals surface area (Å²) in [6, 6.07) is 7.76. The SMILES string of the molecule is O=C(CC(O)C(=O)O)OC(=O)c1ccccc1. The van der Waals surface area contributed by atoms with E-state index in [1.165, 1.54) is 12.1 Å². The van der Waals surface area contributed by atoms with Gasteiger partial charge in [0.15, 0.2) is 6.10 Å². The number of carbonyl (C=O) groups is 3. The molecular formula is C11H10O6. The van der Waals surface area contributed by atoms with Gasteiger partial charge in [0, 0.05) is 0 Å². The molecular weight excluding hydrogens is 228 g/mol. The van der Waals surface area contributed by atoms with Crippen LogP contribution in [-0.4, -0.2) is 34.2 Å². The number of benzene rings is 1. The van der Waals surface area contributed by atoms with Crippen LogP contribution in [0.15, 0.2) is 30.3 Å². The number of carboxylic acids is 1. The molecule has 0 saturated heterocycles. The number of aliphatic hydroxyl groups is 1. The quantitative estimate of drug-likeness (QED) is 0.574. The summed E-state index contributed by atoms with van der Waals surface area (Å²) < 4.78 is 4.36. The Bertz CT molecular complexity index is 425. The molecule has 90 valence electrons. The van der Waals surface area contributed by atoms with Crippen molar-refractivity contribution < 1.29 is 29.3 Å². The van der Waals surface area contributed by atoms with E-state index < -0.39 is 30.4 Å². The second-order valence-electron chi connectivity index (χ2n) is 3.19. The molecule has 6 nitrogen and oxygen atoms in total. The Balaban J connectivity index is 2.53. The van der Waals surface area contributed by atoms with Gasteiger partial charge in [0.25, 0.3) is 0 Å². The Kier molecular flexibility index (Phi) is 4.36. The lowest BCUT2D eigenvalue weighted by Gasteiger charge is -2.05. The van der Waals surface area contributed by atoms with Crippen molar-refractivity contribution in [3.63, 3.8) is 0 Å². The first-order valence-electron chi connectivity index (χ1n) is 4.71. The first-order chi connectivity index (χ1) is 8.00. The second-order valence-corrected chi connectivity index (χ2v) is 3.19. The van der Waals surface area contributed by atoms with Gasteiger partial charge in [-0.3, -0.25) is 4.79 Å². The first kappa shape index (κ1) is 12.9. The number of hydrogen-bond acceptors (Lipinski definition) is 5. The zero-order valence-electron chi connectivity index (χ0n) is 8.70. The van der Waals surface area contributed by atoms with Crippen molar-refractivity contribution in [3.8, 4) is 0 Å². The number of rotatable bonds is 4. The fourth-order valence-corrected chi connectivity index (χ4v) is 1.02. The fourth-order valence-electron chi connectivity index (χ4n) is 1.02. The van der Waals surface area contributed by atoms with E-state index in [0.29, 0.717) is 0 Å². The molecule has 0 radical (unpaired) electrons. The van der Waals surface area contributed by atoms with Crippen LogP contribution in [-0.2, 0) is 14.3 Å². The van der Waals surface area contributed by atoms with E-state index in [2.05, 4.69) is 4.74 Å². The van der Waals surface area contributed by atoms with Gasteiger partial charge in [-0.05, 0) is 12.1 Å². The smallest absolute Gasteiger partial charge is 0.345 e. The van der Waals surface area contributed by atoms with Crippen molar-refractivity contribution in [2.45, 2.75) is 12.5 Å². The summed E-state index contributed by atoms with van der Waals surface area (Å²) in [5, 5.41) is 17.2. The maximum Gasteiger partial charge on any atom is 0.345 e. The molecule has 1 unspecified atom stereocenters. The molecule has 0 aliphatic heterocycles. The van der Waals surface area contributed by atoms with Gasteiger partial charge in [-0.2, -0.15) is 0 Å². The molecule has 17 heavy (non-hydrogen) atoms. The molecule has 0 aromatic heterocycles. The first-order valence-corrected chi connectivity index (χ1v) is 4.71. The van der Waals surface area contributed by atoms with E-state index in [0.717, 1.165) is 0 Å². The number of carboxylic acid groups (broad SMARTS) is 1. The topological polar surface area (TPSA) is 101 Å². The monoisotopic (exact) mass is 238 g/mol. The Hall–Kier alpha value is -2.21. The molecule has 0 saturated carbocycles. The van der Waals surface area contributed by atoms with E-state index >= 15 is 0 Å². The minimum atomic E-state index is -1.87. The van der Waals surface area contributed by atoms with Crippen LogP contribution in [0.2, 0.25) is 0 Å². The van der Waals surface area contributed by atoms with Crippen LogP contribution in [0.3, 0.4) is 0 Å². The van der Waals surface area contributed by atoms with Gasteiger partial charge >= 0.3 is 17.9 Å². The van der Waals surface area contributed by atoms with Crippen LogP contribution in [0.1, 0.15) is 16.8 Å². The zero-order valence-corrected chi connectivity index (χ0v) is 8.70. The normalized spacial score (nSPS) is 11.6. The highest BCUT2D eigenvalue weighted by Crippen LogP contribution is 2.03. The van der Waals surface area contributed by atoms with Crippen LogP contribution in [0.4, 0.5) is 0 Å². The molecule has 0 amide bonds. The van der Waals surface area contributed by atoms with Crippen molar-refractivity contribution in [1.82, 2.24) is 0 Å². The maximum atomic E-state index is 11.3. The number of aliphatic hydroxyl groups excluding tert-OH is 1. The third-order valence-corrected chi connectivity index (χ3v) is 1.86. The molecule has 0 spiro atoms. The molecule has 1 atom stereocenters. The van der Waals surface area contributed by atoms with Gasteiger partial charge in [0.05, 0.1) is 12.0 Å². The van der Waals surface area contributed by atoms with Crippen LogP contribution >= 0.6 is 0 Å². The van der Waals surface area contributed by atoms with Gasteiger partial charge in [0.2, 0.25) is 0 Å². The van der Waals surface area contributed by atoms with E-state index in [-0.39, 0.29) is 5.56 Å². The Labute approximate surface area is 96.4 Å². The highest BCUT2D eigenvalue weighted by atomic mass is 16.6. The average molecular weight is 238 g/mol. The number of ether oxygens (including phenoxy) is 1. The standard InChI is InChI=1S/C11H10O6/c12-8(10(14)15)6-9(13)17-11(16)7-4-2-1-3-5-7/h1-5,8,12H,6H2,(H,14,15). The van der Waals surface area contributed by atoms with Gasteiger partial charge in [0.1, 0.15) is 0 Å². The number of aliphatic carboxylic acids is 1. The summed E-state index contributed by atoms with van der Waals surface area (Å²) in [5.74, 6) is -3.52. The minimum Gasteiger partial charge on any atom is -0.479 e. The summed E-state index contributed by atoms with van der Waals surface area (Å²) in [6.07, 6.45) is -2.64. The van der Waals surface area contributed by atoms with Gasteiger partial charge < -0.3 is 14.9 Å². The molecule has 1 aromatic carbocycles. The predicted octanol–water partition coefficient (Wildman–Crippen LogP) is 0.206.